The molecule has 0 radical (unpaired) electrons. The Balaban J connectivity index is 1.68. The zero-order valence-electron chi connectivity index (χ0n) is 21.4. The minimum Gasteiger partial charge on any atom is -0.497 e. The molecule has 2 aromatic rings. The number of nitrogens with zero attached hydrogens (tertiary/aromatic N) is 2. The Morgan fingerprint density at radius 1 is 1.03 bits per heavy atom. The van der Waals surface area contributed by atoms with Gasteiger partial charge in [-0.05, 0) is 68.0 Å². The van der Waals surface area contributed by atoms with E-state index in [4.69, 9.17) is 4.74 Å². The Bertz CT molecular complexity index is 1110. The van der Waals surface area contributed by atoms with Gasteiger partial charge in [0.2, 0.25) is 21.8 Å². The average molecular weight is 516 g/mol. The second-order valence-corrected chi connectivity index (χ2v) is 11.0. The van der Waals surface area contributed by atoms with Crippen molar-refractivity contribution in [2.24, 2.45) is 0 Å². The largest absolute Gasteiger partial charge is 0.497 e. The second kappa shape index (κ2) is 12.9. The molecule has 9 heteroatoms. The molecule has 1 unspecified atom stereocenters. The summed E-state index contributed by atoms with van der Waals surface area (Å²) in [5, 5.41) is 2.87. The molecule has 0 aliphatic carbocycles. The van der Waals surface area contributed by atoms with Crippen LogP contribution in [0.4, 0.5) is 0 Å². The van der Waals surface area contributed by atoms with Gasteiger partial charge in [-0.1, -0.05) is 31.2 Å². The van der Waals surface area contributed by atoms with Crippen molar-refractivity contribution in [1.29, 1.82) is 0 Å². The molecule has 1 aliphatic rings. The third-order valence-corrected chi connectivity index (χ3v) is 8.40. The lowest BCUT2D eigenvalue weighted by molar-refractivity contribution is -0.140. The number of amides is 2. The summed E-state index contributed by atoms with van der Waals surface area (Å²) < 4.78 is 32.2. The predicted octanol–water partition coefficient (Wildman–Crippen LogP) is 3.36. The van der Waals surface area contributed by atoms with Crippen molar-refractivity contribution in [3.63, 3.8) is 0 Å². The number of aryl methyl sites for hydroxylation is 1. The van der Waals surface area contributed by atoms with Crippen LogP contribution in [0.25, 0.3) is 0 Å². The van der Waals surface area contributed by atoms with Crippen molar-refractivity contribution in [2.45, 2.75) is 63.4 Å². The number of sulfonamides is 1. The Morgan fingerprint density at radius 3 is 2.22 bits per heavy atom. The van der Waals surface area contributed by atoms with Crippen molar-refractivity contribution >= 4 is 21.8 Å². The molecule has 8 nitrogen and oxygen atoms in total. The van der Waals surface area contributed by atoms with E-state index in [1.807, 2.05) is 31.2 Å². The van der Waals surface area contributed by atoms with E-state index < -0.39 is 16.1 Å². The molecule has 0 spiro atoms. The van der Waals surface area contributed by atoms with Crippen LogP contribution in [0, 0.1) is 0 Å². The molecule has 1 atom stereocenters. The minimum atomic E-state index is -3.46. The summed E-state index contributed by atoms with van der Waals surface area (Å²) in [6, 6.07) is 13.6. The van der Waals surface area contributed by atoms with Crippen LogP contribution in [-0.4, -0.2) is 62.2 Å². The van der Waals surface area contributed by atoms with Crippen LogP contribution in [0.1, 0.15) is 50.7 Å². The minimum absolute atomic E-state index is 0.140. The number of ether oxygens (including phenoxy) is 1. The fourth-order valence-corrected chi connectivity index (χ4v) is 5.72. The zero-order valence-corrected chi connectivity index (χ0v) is 22.2. The molecular formula is C27H37N3O5S. The van der Waals surface area contributed by atoms with Crippen molar-refractivity contribution in [3.8, 4) is 5.75 Å². The second-order valence-electron chi connectivity index (χ2n) is 9.09. The van der Waals surface area contributed by atoms with Gasteiger partial charge in [-0.25, -0.2) is 8.42 Å². The van der Waals surface area contributed by atoms with E-state index in [0.29, 0.717) is 32.6 Å². The molecule has 0 saturated carbocycles. The maximum atomic E-state index is 13.3. The lowest BCUT2D eigenvalue weighted by atomic mass is 10.1. The summed E-state index contributed by atoms with van der Waals surface area (Å²) >= 11 is 0. The molecule has 2 amide bonds. The number of methoxy groups -OCH3 is 1. The standard InChI is InChI=1S/C27H37N3O5S/c1-4-17-28-27(32)21(2)30(20-23-7-12-24(35-3)13-8-23)26(31)16-11-22-9-14-25(15-10-22)36(33,34)29-18-5-6-19-29/h7-10,12-15,21H,4-6,11,16-20H2,1-3H3,(H,28,32). The van der Waals surface area contributed by atoms with Gasteiger partial charge in [0.05, 0.1) is 12.0 Å². The summed E-state index contributed by atoms with van der Waals surface area (Å²) in [4.78, 5) is 27.8. The van der Waals surface area contributed by atoms with Crippen LogP contribution in [0.5, 0.6) is 5.75 Å². The van der Waals surface area contributed by atoms with Crippen molar-refractivity contribution in [1.82, 2.24) is 14.5 Å². The van der Waals surface area contributed by atoms with Gasteiger partial charge >= 0.3 is 0 Å². The van der Waals surface area contributed by atoms with Crippen LogP contribution >= 0.6 is 0 Å². The third kappa shape index (κ3) is 7.07. The number of nitrogens with one attached hydrogen (secondary N) is 1. The van der Waals surface area contributed by atoms with Gasteiger partial charge in [-0.2, -0.15) is 4.31 Å². The van der Waals surface area contributed by atoms with Crippen molar-refractivity contribution in [2.75, 3.05) is 26.7 Å². The smallest absolute Gasteiger partial charge is 0.243 e. The van der Waals surface area contributed by atoms with Gasteiger partial charge in [0.25, 0.3) is 0 Å². The summed E-state index contributed by atoms with van der Waals surface area (Å²) in [5.74, 6) is 0.398. The zero-order chi connectivity index (χ0) is 26.1. The summed E-state index contributed by atoms with van der Waals surface area (Å²) in [6.07, 6.45) is 3.25. The number of hydrogen-bond acceptors (Lipinski definition) is 5. The quantitative estimate of drug-likeness (QED) is 0.468. The van der Waals surface area contributed by atoms with Crippen LogP contribution in [0.3, 0.4) is 0 Å². The molecule has 1 fully saturated rings. The monoisotopic (exact) mass is 515 g/mol. The number of carbonyl (C=O) groups excluding carboxylic acids is 2. The van der Waals surface area contributed by atoms with E-state index >= 15 is 0 Å². The number of benzene rings is 2. The third-order valence-electron chi connectivity index (χ3n) is 6.48. The molecule has 196 valence electrons. The maximum absolute atomic E-state index is 13.3. The first-order valence-electron chi connectivity index (χ1n) is 12.6. The van der Waals surface area contributed by atoms with E-state index in [0.717, 1.165) is 36.1 Å². The summed E-state index contributed by atoms with van der Waals surface area (Å²) in [6.45, 7) is 5.70. The maximum Gasteiger partial charge on any atom is 0.243 e. The first-order chi connectivity index (χ1) is 17.3. The molecule has 3 rings (SSSR count). The lowest BCUT2D eigenvalue weighted by Crippen LogP contribution is -2.47. The molecule has 0 aromatic heterocycles. The average Bonchev–Trinajstić information content (AvgIpc) is 3.45. The number of hydrogen-bond donors (Lipinski definition) is 1. The van der Waals surface area contributed by atoms with E-state index in [1.54, 1.807) is 43.2 Å². The number of carbonyl (C=O) groups is 2. The SMILES string of the molecule is CCCNC(=O)C(C)N(Cc1ccc(OC)cc1)C(=O)CCc1ccc(S(=O)(=O)N2CCCC2)cc1. The van der Waals surface area contributed by atoms with Crippen LogP contribution in [-0.2, 0) is 32.6 Å². The number of rotatable bonds is 12. The lowest BCUT2D eigenvalue weighted by Gasteiger charge is -2.29. The predicted molar refractivity (Wildman–Crippen MR) is 139 cm³/mol. The summed E-state index contributed by atoms with van der Waals surface area (Å²) in [5.41, 5.74) is 1.77. The molecule has 0 bridgehead atoms. The topological polar surface area (TPSA) is 96.0 Å². The highest BCUT2D eigenvalue weighted by molar-refractivity contribution is 7.89. The molecule has 1 N–H and O–H groups in total. The van der Waals surface area contributed by atoms with Crippen molar-refractivity contribution < 1.29 is 22.7 Å². The van der Waals surface area contributed by atoms with Gasteiger partial charge < -0.3 is 15.0 Å². The molecule has 1 heterocycles. The first kappa shape index (κ1) is 27.7. The van der Waals surface area contributed by atoms with E-state index in [-0.39, 0.29) is 23.1 Å². The van der Waals surface area contributed by atoms with Crippen LogP contribution in [0.2, 0.25) is 0 Å². The molecule has 36 heavy (non-hydrogen) atoms. The molecule has 1 aliphatic heterocycles. The fraction of sp³-hybridized carbons (Fsp3) is 0.481. The Labute approximate surface area is 214 Å². The van der Waals surface area contributed by atoms with Gasteiger partial charge in [0.15, 0.2) is 0 Å². The highest BCUT2D eigenvalue weighted by Crippen LogP contribution is 2.22. The Morgan fingerprint density at radius 2 is 1.64 bits per heavy atom. The normalized spacial score (nSPS) is 14.9. The highest BCUT2D eigenvalue weighted by Gasteiger charge is 2.28. The van der Waals surface area contributed by atoms with Crippen LogP contribution < -0.4 is 10.1 Å². The van der Waals surface area contributed by atoms with Gasteiger partial charge in [0, 0.05) is 32.6 Å². The van der Waals surface area contributed by atoms with Gasteiger partial charge in [-0.3, -0.25) is 9.59 Å². The van der Waals surface area contributed by atoms with Gasteiger partial charge in [0.1, 0.15) is 11.8 Å². The molecular weight excluding hydrogens is 478 g/mol. The van der Waals surface area contributed by atoms with E-state index in [2.05, 4.69) is 5.32 Å². The van der Waals surface area contributed by atoms with Crippen LogP contribution in [0.15, 0.2) is 53.4 Å². The van der Waals surface area contributed by atoms with Crippen molar-refractivity contribution in [3.05, 3.63) is 59.7 Å². The summed E-state index contributed by atoms with van der Waals surface area (Å²) in [7, 11) is -1.87. The molecule has 1 saturated heterocycles. The molecule has 2 aromatic carbocycles. The highest BCUT2D eigenvalue weighted by atomic mass is 32.2. The van der Waals surface area contributed by atoms with E-state index in [1.165, 1.54) is 4.31 Å². The Kier molecular flexibility index (Phi) is 9.89. The fourth-order valence-electron chi connectivity index (χ4n) is 4.21. The van der Waals surface area contributed by atoms with E-state index in [9.17, 15) is 18.0 Å². The van der Waals surface area contributed by atoms with Gasteiger partial charge in [-0.15, -0.1) is 0 Å². The first-order valence-corrected chi connectivity index (χ1v) is 14.0. The Hall–Kier alpha value is -2.91.